The van der Waals surface area contributed by atoms with Gasteiger partial charge in [0, 0.05) is 24.8 Å². The molecule has 1 fully saturated rings. The van der Waals surface area contributed by atoms with E-state index >= 15 is 0 Å². The van der Waals surface area contributed by atoms with Crippen molar-refractivity contribution in [2.24, 2.45) is 0 Å². The van der Waals surface area contributed by atoms with Crippen LogP contribution < -0.4 is 5.32 Å². The fraction of sp³-hybridized carbons (Fsp3) is 0.350. The molecule has 0 aliphatic carbocycles. The molecule has 0 aromatic heterocycles. The van der Waals surface area contributed by atoms with E-state index in [1.807, 2.05) is 30.3 Å². The monoisotopic (exact) mass is 369 g/mol. The van der Waals surface area contributed by atoms with Gasteiger partial charge in [-0.1, -0.05) is 30.3 Å². The fourth-order valence-corrected chi connectivity index (χ4v) is 3.13. The van der Waals surface area contributed by atoms with Gasteiger partial charge in [-0.05, 0) is 43.6 Å². The molecule has 0 unspecified atom stereocenters. The molecule has 1 N–H and O–H groups in total. The van der Waals surface area contributed by atoms with E-state index in [0.29, 0.717) is 12.2 Å². The molecule has 0 atom stereocenters. The van der Waals surface area contributed by atoms with E-state index < -0.39 is 10.9 Å². The van der Waals surface area contributed by atoms with Crippen molar-refractivity contribution < 1.29 is 14.5 Å². The van der Waals surface area contributed by atoms with Crippen LogP contribution in [0.1, 0.15) is 28.8 Å². The second kappa shape index (κ2) is 9.14. The smallest absolute Gasteiger partial charge is 0.345 e. The molecule has 7 nitrogen and oxygen atoms in total. The Kier molecular flexibility index (Phi) is 6.38. The summed E-state index contributed by atoms with van der Waals surface area (Å²) in [5, 5.41) is 14.6. The molecule has 0 spiro atoms. The van der Waals surface area contributed by atoms with Gasteiger partial charge in [-0.25, -0.2) is 4.79 Å². The lowest BCUT2D eigenvalue weighted by Crippen LogP contribution is -2.26. The number of nitro benzene ring substituents is 1. The number of nitro groups is 1. The van der Waals surface area contributed by atoms with Crippen LogP contribution in [0.4, 0.5) is 11.4 Å². The first-order valence-corrected chi connectivity index (χ1v) is 9.09. The molecule has 2 aromatic rings. The average molecular weight is 369 g/mol. The molecule has 1 heterocycles. The molecule has 7 heteroatoms. The van der Waals surface area contributed by atoms with Crippen molar-refractivity contribution in [3.63, 3.8) is 0 Å². The van der Waals surface area contributed by atoms with Crippen LogP contribution in [0.3, 0.4) is 0 Å². The SMILES string of the molecule is O=C(OCc1ccccc1)c1ccc(NCCN2CCCC2)cc1[N+](=O)[O-]. The third kappa shape index (κ3) is 5.27. The third-order valence-corrected chi connectivity index (χ3v) is 4.58. The van der Waals surface area contributed by atoms with Gasteiger partial charge in [0.1, 0.15) is 12.2 Å². The molecule has 27 heavy (non-hydrogen) atoms. The van der Waals surface area contributed by atoms with Crippen LogP contribution in [-0.4, -0.2) is 42.0 Å². The second-order valence-electron chi connectivity index (χ2n) is 6.53. The molecule has 3 rings (SSSR count). The summed E-state index contributed by atoms with van der Waals surface area (Å²) < 4.78 is 5.22. The predicted octanol–water partition coefficient (Wildman–Crippen LogP) is 3.46. The Morgan fingerprint density at radius 1 is 1.15 bits per heavy atom. The summed E-state index contributed by atoms with van der Waals surface area (Å²) in [6, 6.07) is 13.7. The lowest BCUT2D eigenvalue weighted by atomic mass is 10.1. The molecule has 0 amide bonds. The van der Waals surface area contributed by atoms with Crippen LogP contribution >= 0.6 is 0 Å². The number of nitrogens with zero attached hydrogens (tertiary/aromatic N) is 2. The Hall–Kier alpha value is -2.93. The standard InChI is InChI=1S/C20H23N3O4/c24-20(27-15-16-6-2-1-3-7-16)18-9-8-17(14-19(18)23(25)26)21-10-13-22-11-4-5-12-22/h1-3,6-9,14,21H,4-5,10-13,15H2. The van der Waals surface area contributed by atoms with E-state index in [0.717, 1.165) is 25.2 Å². The summed E-state index contributed by atoms with van der Waals surface area (Å²) in [4.78, 5) is 25.5. The number of hydrogen-bond acceptors (Lipinski definition) is 6. The van der Waals surface area contributed by atoms with Gasteiger partial charge in [0.15, 0.2) is 0 Å². The minimum Gasteiger partial charge on any atom is -0.457 e. The van der Waals surface area contributed by atoms with Crippen LogP contribution in [-0.2, 0) is 11.3 Å². The maximum absolute atomic E-state index is 12.3. The van der Waals surface area contributed by atoms with Gasteiger partial charge in [-0.3, -0.25) is 10.1 Å². The number of nitrogens with one attached hydrogen (secondary N) is 1. The Balaban J connectivity index is 1.62. The number of anilines is 1. The van der Waals surface area contributed by atoms with Crippen molar-refractivity contribution in [2.75, 3.05) is 31.5 Å². The molecule has 0 bridgehead atoms. The van der Waals surface area contributed by atoms with Gasteiger partial charge in [0.2, 0.25) is 0 Å². The summed E-state index contributed by atoms with van der Waals surface area (Å²) in [7, 11) is 0. The predicted molar refractivity (Wildman–Crippen MR) is 103 cm³/mol. The zero-order chi connectivity index (χ0) is 19.1. The van der Waals surface area contributed by atoms with Crippen LogP contribution in [0.25, 0.3) is 0 Å². The zero-order valence-electron chi connectivity index (χ0n) is 15.1. The Bertz CT molecular complexity index is 789. The number of hydrogen-bond donors (Lipinski definition) is 1. The van der Waals surface area contributed by atoms with E-state index in [1.165, 1.54) is 25.0 Å². The highest BCUT2D eigenvalue weighted by atomic mass is 16.6. The van der Waals surface area contributed by atoms with Gasteiger partial charge < -0.3 is 15.0 Å². The van der Waals surface area contributed by atoms with Crippen LogP contribution in [0.5, 0.6) is 0 Å². The Morgan fingerprint density at radius 2 is 1.89 bits per heavy atom. The van der Waals surface area contributed by atoms with Crippen molar-refractivity contribution >= 4 is 17.3 Å². The number of rotatable bonds is 8. The highest BCUT2D eigenvalue weighted by molar-refractivity contribution is 5.94. The number of carbonyl (C=O) groups excluding carboxylic acids is 1. The first-order chi connectivity index (χ1) is 13.1. The Morgan fingerprint density at radius 3 is 2.59 bits per heavy atom. The van der Waals surface area contributed by atoms with E-state index in [4.69, 9.17) is 4.74 Å². The van der Waals surface area contributed by atoms with Crippen molar-refractivity contribution in [1.82, 2.24) is 4.90 Å². The van der Waals surface area contributed by atoms with Crippen molar-refractivity contribution in [1.29, 1.82) is 0 Å². The van der Waals surface area contributed by atoms with Crippen molar-refractivity contribution in [3.05, 3.63) is 69.8 Å². The van der Waals surface area contributed by atoms with E-state index in [9.17, 15) is 14.9 Å². The van der Waals surface area contributed by atoms with Gasteiger partial charge in [-0.2, -0.15) is 0 Å². The molecule has 1 saturated heterocycles. The molecule has 2 aromatic carbocycles. The number of carbonyl (C=O) groups is 1. The van der Waals surface area contributed by atoms with E-state index in [-0.39, 0.29) is 17.9 Å². The maximum atomic E-state index is 12.3. The number of likely N-dealkylation sites (tertiary alicyclic amines) is 1. The van der Waals surface area contributed by atoms with Crippen LogP contribution in [0, 0.1) is 10.1 Å². The van der Waals surface area contributed by atoms with Gasteiger partial charge >= 0.3 is 5.97 Å². The maximum Gasteiger partial charge on any atom is 0.345 e. The van der Waals surface area contributed by atoms with E-state index in [2.05, 4.69) is 10.2 Å². The molecule has 1 aliphatic heterocycles. The zero-order valence-corrected chi connectivity index (χ0v) is 15.1. The molecule has 142 valence electrons. The molecular weight excluding hydrogens is 346 g/mol. The average Bonchev–Trinajstić information content (AvgIpc) is 3.20. The summed E-state index contributed by atoms with van der Waals surface area (Å²) in [5.41, 5.74) is 1.16. The van der Waals surface area contributed by atoms with Gasteiger partial charge in [0.25, 0.3) is 5.69 Å². The van der Waals surface area contributed by atoms with Crippen LogP contribution in [0.15, 0.2) is 48.5 Å². The topological polar surface area (TPSA) is 84.7 Å². The molecule has 0 radical (unpaired) electrons. The molecule has 1 aliphatic rings. The summed E-state index contributed by atoms with van der Waals surface area (Å²) >= 11 is 0. The summed E-state index contributed by atoms with van der Waals surface area (Å²) in [6.07, 6.45) is 2.45. The minimum absolute atomic E-state index is 0.0407. The Labute approximate surface area is 158 Å². The minimum atomic E-state index is -0.700. The van der Waals surface area contributed by atoms with Gasteiger partial charge in [-0.15, -0.1) is 0 Å². The summed E-state index contributed by atoms with van der Waals surface area (Å²) in [6.45, 7) is 3.89. The summed E-state index contributed by atoms with van der Waals surface area (Å²) in [5.74, 6) is -0.700. The fourth-order valence-electron chi connectivity index (χ4n) is 3.13. The van der Waals surface area contributed by atoms with Crippen molar-refractivity contribution in [2.45, 2.75) is 19.4 Å². The lowest BCUT2D eigenvalue weighted by molar-refractivity contribution is -0.385. The highest BCUT2D eigenvalue weighted by Gasteiger charge is 2.22. The number of esters is 1. The van der Waals surface area contributed by atoms with Crippen LogP contribution in [0.2, 0.25) is 0 Å². The first-order valence-electron chi connectivity index (χ1n) is 9.09. The third-order valence-electron chi connectivity index (χ3n) is 4.58. The molecular formula is C20H23N3O4. The van der Waals surface area contributed by atoms with Crippen molar-refractivity contribution in [3.8, 4) is 0 Å². The van der Waals surface area contributed by atoms with Gasteiger partial charge in [0.05, 0.1) is 4.92 Å². The molecule has 0 saturated carbocycles. The quantitative estimate of drug-likeness (QED) is 0.436. The number of benzene rings is 2. The second-order valence-corrected chi connectivity index (χ2v) is 6.53. The normalized spacial score (nSPS) is 14.1. The first kappa shape index (κ1) is 18.8. The highest BCUT2D eigenvalue weighted by Crippen LogP contribution is 2.24. The lowest BCUT2D eigenvalue weighted by Gasteiger charge is -2.15. The number of ether oxygens (including phenoxy) is 1. The largest absolute Gasteiger partial charge is 0.457 e. The van der Waals surface area contributed by atoms with E-state index in [1.54, 1.807) is 6.07 Å².